The Bertz CT molecular complexity index is 702. The number of hydrogen-bond donors (Lipinski definition) is 3. The highest BCUT2D eigenvalue weighted by Gasteiger charge is 2.03. The quantitative estimate of drug-likeness (QED) is 0.717. The van der Waals surface area contributed by atoms with E-state index in [2.05, 4.69) is 10.6 Å². The molecule has 2 aromatic rings. The van der Waals surface area contributed by atoms with Crippen LogP contribution in [0.3, 0.4) is 0 Å². The molecule has 0 aliphatic carbocycles. The summed E-state index contributed by atoms with van der Waals surface area (Å²) in [5.41, 5.74) is 7.75. The zero-order valence-electron chi connectivity index (χ0n) is 13.2. The minimum absolute atomic E-state index is 0.00257. The van der Waals surface area contributed by atoms with Crippen LogP contribution in [0.4, 0.5) is 10.5 Å². The third-order valence-corrected chi connectivity index (χ3v) is 3.72. The van der Waals surface area contributed by atoms with Gasteiger partial charge in [-0.2, -0.15) is 0 Å². The molecule has 0 spiro atoms. The van der Waals surface area contributed by atoms with Crippen LogP contribution in [-0.4, -0.2) is 11.9 Å². The highest BCUT2D eigenvalue weighted by atomic mass is 35.5. The fourth-order valence-electron chi connectivity index (χ4n) is 2.29. The molecule has 0 heterocycles. The van der Waals surface area contributed by atoms with Crippen molar-refractivity contribution in [1.82, 2.24) is 5.32 Å². The van der Waals surface area contributed by atoms with Crippen molar-refractivity contribution in [3.8, 4) is 0 Å². The molecule has 0 aliphatic heterocycles. The van der Waals surface area contributed by atoms with E-state index in [4.69, 9.17) is 17.3 Å². The molecule has 0 aliphatic rings. The minimum Gasteiger partial charge on any atom is -0.352 e. The largest absolute Gasteiger partial charge is 0.352 e. The number of nitrogens with one attached hydrogen (secondary N) is 2. The maximum absolute atomic E-state index is 11.9. The molecule has 0 bridgehead atoms. The van der Waals surface area contributed by atoms with Crippen LogP contribution in [0, 0.1) is 0 Å². The second-order valence-electron chi connectivity index (χ2n) is 5.45. The summed E-state index contributed by atoms with van der Waals surface area (Å²) in [4.78, 5) is 22.7. The highest BCUT2D eigenvalue weighted by Crippen LogP contribution is 2.12. The first kappa shape index (κ1) is 17.8. The van der Waals surface area contributed by atoms with Crippen molar-refractivity contribution in [2.24, 2.45) is 5.73 Å². The van der Waals surface area contributed by atoms with Gasteiger partial charge in [-0.15, -0.1) is 0 Å². The molecule has 126 valence electrons. The molecule has 0 saturated heterocycles. The molecular formula is C18H20ClN3O2. The summed E-state index contributed by atoms with van der Waals surface area (Å²) in [6.45, 7) is 0.411. The number of benzene rings is 2. The number of primary amides is 1. The number of nitrogens with two attached hydrogens (primary N) is 1. The molecule has 4 N–H and O–H groups in total. The standard InChI is InChI=1S/C18H20ClN3O2/c19-15-9-7-13(8-10-15)3-2-6-17(23)21-12-14-4-1-5-16(11-14)22-18(20)24/h1,4-5,7-11H,2-3,6,12H2,(H,21,23)(H3,20,22,24). The summed E-state index contributed by atoms with van der Waals surface area (Å²) in [5, 5.41) is 6.09. The fourth-order valence-corrected chi connectivity index (χ4v) is 2.42. The van der Waals surface area contributed by atoms with Crippen LogP contribution < -0.4 is 16.4 Å². The average molecular weight is 346 g/mol. The maximum atomic E-state index is 11.9. The number of urea groups is 1. The topological polar surface area (TPSA) is 84.2 Å². The van der Waals surface area contributed by atoms with E-state index in [0.29, 0.717) is 23.7 Å². The second-order valence-corrected chi connectivity index (χ2v) is 5.88. The van der Waals surface area contributed by atoms with E-state index in [1.165, 1.54) is 0 Å². The van der Waals surface area contributed by atoms with Crippen LogP contribution >= 0.6 is 11.6 Å². The third-order valence-electron chi connectivity index (χ3n) is 3.47. The Labute approximate surface area is 146 Å². The van der Waals surface area contributed by atoms with Crippen molar-refractivity contribution in [1.29, 1.82) is 0 Å². The van der Waals surface area contributed by atoms with Gasteiger partial charge in [0.2, 0.25) is 5.91 Å². The van der Waals surface area contributed by atoms with Gasteiger partial charge >= 0.3 is 6.03 Å². The van der Waals surface area contributed by atoms with Crippen LogP contribution in [-0.2, 0) is 17.8 Å². The first-order valence-corrected chi connectivity index (χ1v) is 8.07. The van der Waals surface area contributed by atoms with Crippen LogP contribution in [0.2, 0.25) is 5.02 Å². The molecule has 0 atom stereocenters. The molecule has 2 aromatic carbocycles. The lowest BCUT2D eigenvalue weighted by Crippen LogP contribution is -2.23. The van der Waals surface area contributed by atoms with Crippen molar-refractivity contribution in [2.45, 2.75) is 25.8 Å². The Morgan fingerprint density at radius 3 is 2.50 bits per heavy atom. The molecule has 6 heteroatoms. The summed E-state index contributed by atoms with van der Waals surface area (Å²) < 4.78 is 0. The van der Waals surface area contributed by atoms with E-state index in [1.807, 2.05) is 30.3 Å². The third kappa shape index (κ3) is 6.30. The van der Waals surface area contributed by atoms with E-state index < -0.39 is 6.03 Å². The Morgan fingerprint density at radius 2 is 1.79 bits per heavy atom. The minimum atomic E-state index is -0.613. The number of amides is 3. The van der Waals surface area contributed by atoms with Gasteiger partial charge in [0.05, 0.1) is 0 Å². The fraction of sp³-hybridized carbons (Fsp3) is 0.222. The first-order valence-electron chi connectivity index (χ1n) is 7.69. The summed E-state index contributed by atoms with van der Waals surface area (Å²) >= 11 is 5.84. The number of rotatable bonds is 7. The van der Waals surface area contributed by atoms with Gasteiger partial charge in [-0.05, 0) is 48.2 Å². The van der Waals surface area contributed by atoms with Crippen LogP contribution in [0.5, 0.6) is 0 Å². The Balaban J connectivity index is 1.73. The van der Waals surface area contributed by atoms with Gasteiger partial charge in [0.25, 0.3) is 0 Å². The first-order chi connectivity index (χ1) is 11.5. The molecule has 0 aromatic heterocycles. The monoisotopic (exact) mass is 345 g/mol. The van der Waals surface area contributed by atoms with Crippen molar-refractivity contribution in [3.63, 3.8) is 0 Å². The van der Waals surface area contributed by atoms with E-state index >= 15 is 0 Å². The lowest BCUT2D eigenvalue weighted by molar-refractivity contribution is -0.121. The van der Waals surface area contributed by atoms with Crippen molar-refractivity contribution >= 4 is 29.2 Å². The Kier molecular flexibility index (Phi) is 6.63. The molecule has 0 saturated carbocycles. The van der Waals surface area contributed by atoms with Gasteiger partial charge in [0, 0.05) is 23.7 Å². The number of halogens is 1. The van der Waals surface area contributed by atoms with E-state index in [1.54, 1.807) is 18.2 Å². The van der Waals surface area contributed by atoms with Crippen molar-refractivity contribution in [3.05, 3.63) is 64.7 Å². The molecule has 0 radical (unpaired) electrons. The van der Waals surface area contributed by atoms with E-state index in [0.717, 1.165) is 24.0 Å². The maximum Gasteiger partial charge on any atom is 0.316 e. The molecule has 24 heavy (non-hydrogen) atoms. The van der Waals surface area contributed by atoms with E-state index in [-0.39, 0.29) is 5.91 Å². The number of aryl methyl sites for hydroxylation is 1. The molecule has 5 nitrogen and oxygen atoms in total. The van der Waals surface area contributed by atoms with E-state index in [9.17, 15) is 9.59 Å². The van der Waals surface area contributed by atoms with Gasteiger partial charge in [0.15, 0.2) is 0 Å². The van der Waals surface area contributed by atoms with Gasteiger partial charge in [-0.25, -0.2) is 4.79 Å². The van der Waals surface area contributed by atoms with Gasteiger partial charge in [-0.3, -0.25) is 4.79 Å². The zero-order valence-corrected chi connectivity index (χ0v) is 14.0. The molecular weight excluding hydrogens is 326 g/mol. The smallest absolute Gasteiger partial charge is 0.316 e. The normalized spacial score (nSPS) is 10.2. The van der Waals surface area contributed by atoms with Crippen LogP contribution in [0.25, 0.3) is 0 Å². The lowest BCUT2D eigenvalue weighted by Gasteiger charge is -2.08. The highest BCUT2D eigenvalue weighted by molar-refractivity contribution is 6.30. The average Bonchev–Trinajstić information content (AvgIpc) is 2.54. The summed E-state index contributed by atoms with van der Waals surface area (Å²) in [6.07, 6.45) is 2.07. The Hall–Kier alpha value is -2.53. The molecule has 0 unspecified atom stereocenters. The van der Waals surface area contributed by atoms with Crippen LogP contribution in [0.1, 0.15) is 24.0 Å². The molecule has 3 amide bonds. The predicted octanol–water partition coefficient (Wildman–Crippen LogP) is 3.47. The summed E-state index contributed by atoms with van der Waals surface area (Å²) in [5.74, 6) is -0.00257. The SMILES string of the molecule is NC(=O)Nc1cccc(CNC(=O)CCCc2ccc(Cl)cc2)c1. The van der Waals surface area contributed by atoms with Crippen LogP contribution in [0.15, 0.2) is 48.5 Å². The lowest BCUT2D eigenvalue weighted by atomic mass is 10.1. The van der Waals surface area contributed by atoms with Gasteiger partial charge in [0.1, 0.15) is 0 Å². The second kappa shape index (κ2) is 8.93. The zero-order chi connectivity index (χ0) is 17.4. The van der Waals surface area contributed by atoms with Crippen molar-refractivity contribution in [2.75, 3.05) is 5.32 Å². The molecule has 0 fully saturated rings. The number of hydrogen-bond acceptors (Lipinski definition) is 2. The predicted molar refractivity (Wildman–Crippen MR) is 95.9 cm³/mol. The number of anilines is 1. The van der Waals surface area contributed by atoms with Gasteiger partial charge < -0.3 is 16.4 Å². The number of carbonyl (C=O) groups is 2. The van der Waals surface area contributed by atoms with Crippen molar-refractivity contribution < 1.29 is 9.59 Å². The number of carbonyl (C=O) groups excluding carboxylic acids is 2. The van der Waals surface area contributed by atoms with Gasteiger partial charge in [-0.1, -0.05) is 35.9 Å². The molecule has 2 rings (SSSR count). The Morgan fingerprint density at radius 1 is 1.04 bits per heavy atom. The summed E-state index contributed by atoms with van der Waals surface area (Å²) in [7, 11) is 0. The summed E-state index contributed by atoms with van der Waals surface area (Å²) in [6, 6.07) is 14.2.